The SMILES string of the molecule is O=C1c2ccccc2C[C@H](c2ccc(Cl)cc2Cl)N1C1CCCC1. The Balaban J connectivity index is 1.81. The zero-order valence-corrected chi connectivity index (χ0v) is 14.9. The van der Waals surface area contributed by atoms with Gasteiger partial charge in [0.05, 0.1) is 6.04 Å². The topological polar surface area (TPSA) is 20.3 Å². The molecule has 0 aromatic heterocycles. The summed E-state index contributed by atoms with van der Waals surface area (Å²) in [5.74, 6) is 0.139. The van der Waals surface area contributed by atoms with Gasteiger partial charge in [0.2, 0.25) is 0 Å². The molecule has 1 atom stereocenters. The smallest absolute Gasteiger partial charge is 0.254 e. The van der Waals surface area contributed by atoms with E-state index in [4.69, 9.17) is 23.2 Å². The van der Waals surface area contributed by atoms with Crippen LogP contribution < -0.4 is 0 Å². The summed E-state index contributed by atoms with van der Waals surface area (Å²) in [5, 5.41) is 1.27. The van der Waals surface area contributed by atoms with Crippen LogP contribution in [0.3, 0.4) is 0 Å². The van der Waals surface area contributed by atoms with Gasteiger partial charge in [0.15, 0.2) is 0 Å². The van der Waals surface area contributed by atoms with Crippen LogP contribution >= 0.6 is 23.2 Å². The second-order valence-corrected chi connectivity index (χ2v) is 7.54. The summed E-state index contributed by atoms with van der Waals surface area (Å²) in [6.45, 7) is 0. The van der Waals surface area contributed by atoms with Crippen molar-refractivity contribution < 1.29 is 4.79 Å². The Morgan fingerprint density at radius 2 is 1.75 bits per heavy atom. The van der Waals surface area contributed by atoms with Crippen molar-refractivity contribution in [2.24, 2.45) is 0 Å². The first kappa shape index (κ1) is 16.0. The molecule has 4 rings (SSSR count). The Bertz CT molecular complexity index is 783. The van der Waals surface area contributed by atoms with E-state index < -0.39 is 0 Å². The van der Waals surface area contributed by atoms with E-state index in [9.17, 15) is 4.79 Å². The summed E-state index contributed by atoms with van der Waals surface area (Å²) in [7, 11) is 0. The molecule has 24 heavy (non-hydrogen) atoms. The van der Waals surface area contributed by atoms with E-state index in [2.05, 4.69) is 11.0 Å². The summed E-state index contributed by atoms with van der Waals surface area (Å²) in [4.78, 5) is 15.3. The van der Waals surface area contributed by atoms with Crippen LogP contribution in [-0.4, -0.2) is 16.8 Å². The lowest BCUT2D eigenvalue weighted by molar-refractivity contribution is 0.0539. The lowest BCUT2D eigenvalue weighted by Crippen LogP contribution is -2.45. The van der Waals surface area contributed by atoms with Gasteiger partial charge in [-0.15, -0.1) is 0 Å². The summed E-state index contributed by atoms with van der Waals surface area (Å²) < 4.78 is 0. The zero-order valence-electron chi connectivity index (χ0n) is 13.3. The van der Waals surface area contributed by atoms with E-state index in [1.807, 2.05) is 30.3 Å². The molecule has 1 amide bonds. The normalized spacial score (nSPS) is 21.2. The summed E-state index contributed by atoms with van der Waals surface area (Å²) in [6, 6.07) is 13.8. The van der Waals surface area contributed by atoms with E-state index >= 15 is 0 Å². The number of fused-ring (bicyclic) bond motifs is 1. The fraction of sp³-hybridized carbons (Fsp3) is 0.350. The van der Waals surface area contributed by atoms with Crippen molar-refractivity contribution in [1.29, 1.82) is 0 Å². The molecule has 0 saturated heterocycles. The number of amides is 1. The first-order valence-corrected chi connectivity index (χ1v) is 9.26. The van der Waals surface area contributed by atoms with Gasteiger partial charge in [-0.05, 0) is 48.6 Å². The van der Waals surface area contributed by atoms with Gasteiger partial charge in [-0.1, -0.05) is 60.3 Å². The number of halogens is 2. The Kier molecular flexibility index (Phi) is 4.28. The minimum atomic E-state index is -0.0136. The summed E-state index contributed by atoms with van der Waals surface area (Å²) >= 11 is 12.6. The Morgan fingerprint density at radius 1 is 1.00 bits per heavy atom. The molecule has 0 bridgehead atoms. The molecule has 2 aromatic rings. The van der Waals surface area contributed by atoms with Crippen molar-refractivity contribution in [3.63, 3.8) is 0 Å². The summed E-state index contributed by atoms with van der Waals surface area (Å²) in [6.07, 6.45) is 5.35. The third-order valence-corrected chi connectivity index (χ3v) is 5.83. The molecule has 0 N–H and O–H groups in total. The lowest BCUT2D eigenvalue weighted by Gasteiger charge is -2.41. The van der Waals surface area contributed by atoms with Crippen molar-refractivity contribution in [2.45, 2.75) is 44.2 Å². The molecule has 2 nitrogen and oxygen atoms in total. The van der Waals surface area contributed by atoms with Gasteiger partial charge < -0.3 is 4.90 Å². The Labute approximate surface area is 152 Å². The van der Waals surface area contributed by atoms with E-state index in [1.165, 1.54) is 12.8 Å². The number of benzene rings is 2. The molecule has 1 fully saturated rings. The molecule has 1 saturated carbocycles. The van der Waals surface area contributed by atoms with Gasteiger partial charge in [-0.2, -0.15) is 0 Å². The van der Waals surface area contributed by atoms with Gasteiger partial charge >= 0.3 is 0 Å². The number of nitrogens with zero attached hydrogens (tertiary/aromatic N) is 1. The molecule has 0 radical (unpaired) electrons. The highest BCUT2D eigenvalue weighted by Gasteiger charge is 2.39. The van der Waals surface area contributed by atoms with Crippen LogP contribution in [0.5, 0.6) is 0 Å². The lowest BCUT2D eigenvalue weighted by atomic mass is 9.88. The maximum atomic E-state index is 13.2. The molecular formula is C20H19Cl2NO. The van der Waals surface area contributed by atoms with Crippen LogP contribution in [0.4, 0.5) is 0 Å². The van der Waals surface area contributed by atoms with E-state index in [-0.39, 0.29) is 11.9 Å². The Hall–Kier alpha value is -1.51. The second kappa shape index (κ2) is 6.42. The van der Waals surface area contributed by atoms with E-state index in [0.717, 1.165) is 36.0 Å². The predicted molar refractivity (Wildman–Crippen MR) is 97.8 cm³/mol. The largest absolute Gasteiger partial charge is 0.328 e. The molecule has 0 spiro atoms. The van der Waals surface area contributed by atoms with Crippen LogP contribution in [-0.2, 0) is 6.42 Å². The molecular weight excluding hydrogens is 341 g/mol. The van der Waals surface area contributed by atoms with Gasteiger partial charge in [0.25, 0.3) is 5.91 Å². The van der Waals surface area contributed by atoms with Crippen molar-refractivity contribution in [1.82, 2.24) is 4.90 Å². The van der Waals surface area contributed by atoms with Crippen molar-refractivity contribution in [2.75, 3.05) is 0 Å². The predicted octanol–water partition coefficient (Wildman–Crippen LogP) is 5.68. The first-order chi connectivity index (χ1) is 11.6. The quantitative estimate of drug-likeness (QED) is 0.675. The molecule has 1 heterocycles. The van der Waals surface area contributed by atoms with E-state index in [1.54, 1.807) is 6.07 Å². The molecule has 2 aliphatic rings. The fourth-order valence-corrected chi connectivity index (χ4v) is 4.66. The van der Waals surface area contributed by atoms with Crippen molar-refractivity contribution in [3.8, 4) is 0 Å². The van der Waals surface area contributed by atoms with Gasteiger partial charge in [-0.3, -0.25) is 4.79 Å². The summed E-state index contributed by atoms with van der Waals surface area (Å²) in [5.41, 5.74) is 2.94. The number of hydrogen-bond donors (Lipinski definition) is 0. The number of carbonyl (C=O) groups excluding carboxylic acids is 1. The first-order valence-electron chi connectivity index (χ1n) is 8.50. The monoisotopic (exact) mass is 359 g/mol. The fourth-order valence-electron chi connectivity index (χ4n) is 4.13. The van der Waals surface area contributed by atoms with Crippen molar-refractivity contribution >= 4 is 29.1 Å². The molecule has 1 aliphatic heterocycles. The standard InChI is InChI=1S/C20H19Cl2NO/c21-14-9-10-17(18(22)12-14)19-11-13-5-1-4-8-16(13)20(24)23(19)15-6-2-3-7-15/h1,4-5,8-10,12,15,19H,2-3,6-7,11H2/t19-/m1/s1. The third-order valence-electron chi connectivity index (χ3n) is 5.27. The van der Waals surface area contributed by atoms with Gasteiger partial charge in [0, 0.05) is 21.7 Å². The van der Waals surface area contributed by atoms with Crippen LogP contribution in [0.25, 0.3) is 0 Å². The van der Waals surface area contributed by atoms with Crippen LogP contribution in [0, 0.1) is 0 Å². The maximum Gasteiger partial charge on any atom is 0.254 e. The average molecular weight is 360 g/mol. The van der Waals surface area contributed by atoms with Crippen LogP contribution in [0.2, 0.25) is 10.0 Å². The van der Waals surface area contributed by atoms with Gasteiger partial charge in [-0.25, -0.2) is 0 Å². The maximum absolute atomic E-state index is 13.2. The molecule has 0 unspecified atom stereocenters. The van der Waals surface area contributed by atoms with Crippen LogP contribution in [0.15, 0.2) is 42.5 Å². The Morgan fingerprint density at radius 3 is 2.50 bits per heavy atom. The minimum absolute atomic E-state index is 0.0136. The highest BCUT2D eigenvalue weighted by molar-refractivity contribution is 6.35. The number of hydrogen-bond acceptors (Lipinski definition) is 1. The third kappa shape index (κ3) is 2.72. The van der Waals surface area contributed by atoms with Crippen LogP contribution in [0.1, 0.15) is 53.2 Å². The highest BCUT2D eigenvalue weighted by Crippen LogP contribution is 2.41. The molecule has 4 heteroatoms. The minimum Gasteiger partial charge on any atom is -0.328 e. The second-order valence-electron chi connectivity index (χ2n) is 6.69. The van der Waals surface area contributed by atoms with E-state index in [0.29, 0.717) is 16.1 Å². The van der Waals surface area contributed by atoms with Crippen molar-refractivity contribution in [3.05, 3.63) is 69.2 Å². The zero-order chi connectivity index (χ0) is 16.7. The van der Waals surface area contributed by atoms with Gasteiger partial charge in [0.1, 0.15) is 0 Å². The molecule has 2 aromatic carbocycles. The molecule has 124 valence electrons. The number of carbonyl (C=O) groups is 1. The average Bonchev–Trinajstić information content (AvgIpc) is 3.09. The highest BCUT2D eigenvalue weighted by atomic mass is 35.5. The molecule has 1 aliphatic carbocycles. The number of rotatable bonds is 2.